The molecule has 0 aliphatic carbocycles. The summed E-state index contributed by atoms with van der Waals surface area (Å²) in [5.74, 6) is -2.09. The molecule has 1 N–H and O–H groups in total. The zero-order chi connectivity index (χ0) is 23.5. The van der Waals surface area contributed by atoms with E-state index in [4.69, 9.17) is 14.6 Å². The highest BCUT2D eigenvalue weighted by atomic mass is 19.4. The summed E-state index contributed by atoms with van der Waals surface area (Å²) in [7, 11) is 3.95. The van der Waals surface area contributed by atoms with Gasteiger partial charge in [0, 0.05) is 50.2 Å². The summed E-state index contributed by atoms with van der Waals surface area (Å²) >= 11 is 0. The van der Waals surface area contributed by atoms with Crippen LogP contribution in [0.2, 0.25) is 0 Å². The smallest absolute Gasteiger partial charge is 0.475 e. The molecule has 2 heterocycles. The Labute approximate surface area is 184 Å². The molecule has 1 spiro atoms. The van der Waals surface area contributed by atoms with Crippen molar-refractivity contribution in [2.75, 3.05) is 46.9 Å². The van der Waals surface area contributed by atoms with E-state index in [1.165, 1.54) is 5.39 Å². The van der Waals surface area contributed by atoms with Crippen LogP contribution in [0.1, 0.15) is 16.8 Å². The van der Waals surface area contributed by atoms with Crippen molar-refractivity contribution in [3.05, 3.63) is 48.0 Å². The van der Waals surface area contributed by atoms with Crippen LogP contribution in [0.5, 0.6) is 0 Å². The highest BCUT2D eigenvalue weighted by molar-refractivity contribution is 5.98. The second kappa shape index (κ2) is 9.46. The number of hydrogen-bond acceptors (Lipinski definition) is 4. The lowest BCUT2D eigenvalue weighted by molar-refractivity contribution is -0.192. The minimum Gasteiger partial charge on any atom is -0.475 e. The number of alkyl halides is 3. The van der Waals surface area contributed by atoms with Crippen LogP contribution < -0.4 is 0 Å². The Hall–Kier alpha value is -2.65. The molecule has 0 aromatic heterocycles. The van der Waals surface area contributed by atoms with Gasteiger partial charge in [0.15, 0.2) is 0 Å². The third kappa shape index (κ3) is 5.21. The van der Waals surface area contributed by atoms with E-state index < -0.39 is 12.1 Å². The molecule has 9 heteroatoms. The van der Waals surface area contributed by atoms with E-state index in [-0.39, 0.29) is 11.3 Å². The van der Waals surface area contributed by atoms with Crippen LogP contribution in [0.15, 0.2) is 42.5 Å². The fraction of sp³-hybridized carbons (Fsp3) is 0.478. The number of nitrogens with zero attached hydrogens (tertiary/aromatic N) is 2. The number of aliphatic carboxylic acids is 1. The van der Waals surface area contributed by atoms with Crippen molar-refractivity contribution in [3.63, 3.8) is 0 Å². The summed E-state index contributed by atoms with van der Waals surface area (Å²) in [6, 6.07) is 14.2. The number of benzene rings is 2. The van der Waals surface area contributed by atoms with Gasteiger partial charge in [0.05, 0.1) is 6.61 Å². The molecule has 2 aliphatic heterocycles. The van der Waals surface area contributed by atoms with E-state index in [1.54, 1.807) is 7.11 Å². The molecule has 32 heavy (non-hydrogen) atoms. The van der Waals surface area contributed by atoms with Crippen LogP contribution >= 0.6 is 0 Å². The van der Waals surface area contributed by atoms with E-state index in [0.717, 1.165) is 50.2 Å². The van der Waals surface area contributed by atoms with Gasteiger partial charge in [-0.15, -0.1) is 0 Å². The predicted octanol–water partition coefficient (Wildman–Crippen LogP) is 3.51. The number of likely N-dealkylation sites (tertiary alicyclic amines) is 2. The highest BCUT2D eigenvalue weighted by Gasteiger charge is 2.50. The maximum absolute atomic E-state index is 13.1. The maximum atomic E-state index is 13.1. The molecule has 174 valence electrons. The minimum absolute atomic E-state index is 0.161. The van der Waals surface area contributed by atoms with E-state index >= 15 is 0 Å². The highest BCUT2D eigenvalue weighted by Crippen LogP contribution is 2.43. The van der Waals surface area contributed by atoms with Gasteiger partial charge in [-0.1, -0.05) is 30.3 Å². The molecule has 2 aromatic carbocycles. The number of rotatable bonds is 3. The SMILES string of the molecule is COC[C@@H]1CN(C)C[C@@]12CCN(C(=O)c1ccc3ccccc3c1)C2.O=C(O)C(F)(F)F. The number of carboxylic acids is 1. The lowest BCUT2D eigenvalue weighted by atomic mass is 9.77. The lowest BCUT2D eigenvalue weighted by Gasteiger charge is -2.30. The van der Waals surface area contributed by atoms with Crippen molar-refractivity contribution in [3.8, 4) is 0 Å². The molecule has 0 bridgehead atoms. The molecule has 2 fully saturated rings. The first-order chi connectivity index (χ1) is 15.1. The van der Waals surface area contributed by atoms with Crippen LogP contribution in [-0.4, -0.2) is 79.9 Å². The quantitative estimate of drug-likeness (QED) is 0.772. The number of ether oxygens (including phenoxy) is 1. The summed E-state index contributed by atoms with van der Waals surface area (Å²) < 4.78 is 37.2. The topological polar surface area (TPSA) is 70.1 Å². The van der Waals surface area contributed by atoms with Crippen molar-refractivity contribution in [1.29, 1.82) is 0 Å². The number of amides is 1. The van der Waals surface area contributed by atoms with Crippen molar-refractivity contribution < 1.29 is 32.6 Å². The molecule has 6 nitrogen and oxygen atoms in total. The summed E-state index contributed by atoms with van der Waals surface area (Å²) in [4.78, 5) is 26.4. The zero-order valence-electron chi connectivity index (χ0n) is 18.1. The Kier molecular flexibility index (Phi) is 7.09. The first-order valence-electron chi connectivity index (χ1n) is 10.3. The zero-order valence-corrected chi connectivity index (χ0v) is 18.1. The van der Waals surface area contributed by atoms with Crippen LogP contribution in [0, 0.1) is 11.3 Å². The van der Waals surface area contributed by atoms with Gasteiger partial charge in [0.2, 0.25) is 0 Å². The summed E-state index contributed by atoms with van der Waals surface area (Å²) in [5, 5.41) is 9.43. The minimum atomic E-state index is -5.08. The van der Waals surface area contributed by atoms with Gasteiger partial charge >= 0.3 is 12.1 Å². The van der Waals surface area contributed by atoms with E-state index in [1.807, 2.05) is 35.2 Å². The van der Waals surface area contributed by atoms with Gasteiger partial charge in [0.25, 0.3) is 5.91 Å². The Morgan fingerprint density at radius 1 is 1.16 bits per heavy atom. The summed E-state index contributed by atoms with van der Waals surface area (Å²) in [6.45, 7) is 4.59. The molecule has 4 rings (SSSR count). The van der Waals surface area contributed by atoms with Gasteiger partial charge in [-0.25, -0.2) is 4.79 Å². The Morgan fingerprint density at radius 2 is 1.81 bits per heavy atom. The van der Waals surface area contributed by atoms with E-state index in [2.05, 4.69) is 24.1 Å². The fourth-order valence-electron chi connectivity index (χ4n) is 4.77. The van der Waals surface area contributed by atoms with E-state index in [0.29, 0.717) is 5.92 Å². The Bertz CT molecular complexity index is 981. The van der Waals surface area contributed by atoms with Gasteiger partial charge < -0.3 is 19.6 Å². The molecule has 1 amide bonds. The number of carbonyl (C=O) groups is 2. The second-order valence-corrected chi connectivity index (χ2v) is 8.55. The number of hydrogen-bond donors (Lipinski definition) is 1. The number of halogens is 3. The van der Waals surface area contributed by atoms with Gasteiger partial charge in [-0.2, -0.15) is 13.2 Å². The van der Waals surface area contributed by atoms with E-state index in [9.17, 15) is 18.0 Å². The summed E-state index contributed by atoms with van der Waals surface area (Å²) in [6.07, 6.45) is -4.01. The number of carbonyl (C=O) groups excluding carboxylic acids is 1. The molecule has 2 aromatic rings. The standard InChI is InChI=1S/C21H26N2O2.C2HF3O2/c1-22-12-19(13-25-2)21(14-22)9-10-23(15-21)20(24)18-8-7-16-5-3-4-6-17(16)11-18;3-2(4,5)1(6)7/h3-8,11,19H,9-10,12-15H2,1-2H3;(H,6,7)/t19-,21+;/m0./s1. The van der Waals surface area contributed by atoms with Crippen molar-refractivity contribution in [1.82, 2.24) is 9.80 Å². The number of fused-ring (bicyclic) bond motifs is 1. The molecular weight excluding hydrogens is 425 g/mol. The lowest BCUT2D eigenvalue weighted by Crippen LogP contribution is -2.38. The van der Waals surface area contributed by atoms with Crippen LogP contribution in [0.3, 0.4) is 0 Å². The van der Waals surface area contributed by atoms with Crippen LogP contribution in [-0.2, 0) is 9.53 Å². The maximum Gasteiger partial charge on any atom is 0.490 e. The Balaban J connectivity index is 0.000000360. The van der Waals surface area contributed by atoms with Crippen molar-refractivity contribution in [2.24, 2.45) is 11.3 Å². The fourth-order valence-corrected chi connectivity index (χ4v) is 4.77. The van der Waals surface area contributed by atoms with Gasteiger partial charge in [0.1, 0.15) is 0 Å². The largest absolute Gasteiger partial charge is 0.490 e. The Morgan fingerprint density at radius 3 is 2.44 bits per heavy atom. The third-order valence-electron chi connectivity index (χ3n) is 6.26. The molecule has 2 aliphatic rings. The van der Waals surface area contributed by atoms with Gasteiger partial charge in [-0.05, 0) is 36.4 Å². The number of carboxylic acid groups (broad SMARTS) is 1. The predicted molar refractivity (Wildman–Crippen MR) is 113 cm³/mol. The van der Waals surface area contributed by atoms with Crippen molar-refractivity contribution in [2.45, 2.75) is 12.6 Å². The molecule has 2 saturated heterocycles. The monoisotopic (exact) mass is 452 g/mol. The summed E-state index contributed by atoms with van der Waals surface area (Å²) in [5.41, 5.74) is 0.988. The van der Waals surface area contributed by atoms with Crippen LogP contribution in [0.25, 0.3) is 10.8 Å². The van der Waals surface area contributed by atoms with Crippen LogP contribution in [0.4, 0.5) is 13.2 Å². The molecule has 0 saturated carbocycles. The molecule has 0 unspecified atom stereocenters. The molecule has 2 atom stereocenters. The first-order valence-corrected chi connectivity index (χ1v) is 10.3. The second-order valence-electron chi connectivity index (χ2n) is 8.55. The van der Waals surface area contributed by atoms with Gasteiger partial charge in [-0.3, -0.25) is 4.79 Å². The molecular formula is C23H27F3N2O4. The normalized spacial score (nSPS) is 23.4. The van der Waals surface area contributed by atoms with Crippen molar-refractivity contribution >= 4 is 22.6 Å². The third-order valence-corrected chi connectivity index (χ3v) is 6.26. The average molecular weight is 452 g/mol. The number of methoxy groups -OCH3 is 1. The average Bonchev–Trinajstić information content (AvgIpc) is 3.30. The first kappa shape index (κ1) is 24.0. The molecule has 0 radical (unpaired) electrons.